The summed E-state index contributed by atoms with van der Waals surface area (Å²) in [5, 5.41) is 0. The van der Waals surface area contributed by atoms with Crippen LogP contribution in [0.3, 0.4) is 0 Å². The third kappa shape index (κ3) is 3.87. The molecule has 2 aliphatic rings. The topological polar surface area (TPSA) is 32.8 Å². The van der Waals surface area contributed by atoms with E-state index in [-0.39, 0.29) is 12.1 Å². The summed E-state index contributed by atoms with van der Waals surface area (Å²) in [6.45, 7) is 2.02. The second kappa shape index (κ2) is 7.49. The van der Waals surface area contributed by atoms with E-state index in [0.717, 1.165) is 25.1 Å². The summed E-state index contributed by atoms with van der Waals surface area (Å²) in [4.78, 5) is 17.0. The van der Waals surface area contributed by atoms with E-state index >= 15 is 0 Å². The van der Waals surface area contributed by atoms with Crippen molar-refractivity contribution in [1.82, 2.24) is 9.80 Å². The van der Waals surface area contributed by atoms with Gasteiger partial charge >= 0.3 is 5.97 Å². The molecule has 0 spiro atoms. The van der Waals surface area contributed by atoms with Gasteiger partial charge in [0.15, 0.2) is 0 Å². The molecule has 130 valence electrons. The molecule has 1 heterocycles. The second-order valence-electron chi connectivity index (χ2n) is 7.40. The molecule has 0 radical (unpaired) electrons. The van der Waals surface area contributed by atoms with Crippen molar-refractivity contribution < 1.29 is 9.53 Å². The smallest absolute Gasteiger partial charge is 0.331 e. The largest absolute Gasteiger partial charge is 0.458 e. The Morgan fingerprint density at radius 1 is 1.21 bits per heavy atom. The fraction of sp³-hybridized carbons (Fsp3) is 0.550. The van der Waals surface area contributed by atoms with Crippen molar-refractivity contribution in [3.8, 4) is 0 Å². The summed E-state index contributed by atoms with van der Waals surface area (Å²) in [6.07, 6.45) is 5.76. The number of fused-ring (bicyclic) bond motifs is 2. The van der Waals surface area contributed by atoms with Crippen LogP contribution in [0.5, 0.6) is 0 Å². The molecule has 4 heteroatoms. The van der Waals surface area contributed by atoms with Gasteiger partial charge < -0.3 is 14.5 Å². The van der Waals surface area contributed by atoms with Crippen molar-refractivity contribution in [2.24, 2.45) is 11.8 Å². The normalized spacial score (nSPS) is 30.7. The molecule has 1 saturated carbocycles. The second-order valence-corrected chi connectivity index (χ2v) is 7.40. The van der Waals surface area contributed by atoms with Crippen molar-refractivity contribution >= 4 is 12.0 Å². The van der Waals surface area contributed by atoms with Crippen LogP contribution in [0.4, 0.5) is 0 Å². The Bertz CT molecular complexity index is 585. The van der Waals surface area contributed by atoms with Gasteiger partial charge in [0.2, 0.25) is 0 Å². The van der Waals surface area contributed by atoms with Gasteiger partial charge in [-0.3, -0.25) is 0 Å². The molecule has 0 N–H and O–H groups in total. The number of nitrogens with zero attached hydrogens (tertiary/aromatic N) is 2. The van der Waals surface area contributed by atoms with Gasteiger partial charge in [-0.2, -0.15) is 0 Å². The third-order valence-electron chi connectivity index (χ3n) is 5.41. The number of likely N-dealkylation sites (tertiary alicyclic amines) is 1. The van der Waals surface area contributed by atoms with Gasteiger partial charge in [-0.1, -0.05) is 30.3 Å². The summed E-state index contributed by atoms with van der Waals surface area (Å²) in [7, 11) is 6.44. The molecule has 4 atom stereocenters. The molecule has 0 aromatic heterocycles. The first kappa shape index (κ1) is 17.2. The monoisotopic (exact) mass is 328 g/mol. The van der Waals surface area contributed by atoms with E-state index in [0.29, 0.717) is 17.9 Å². The van der Waals surface area contributed by atoms with E-state index in [1.165, 1.54) is 6.42 Å². The minimum absolute atomic E-state index is 0.0373. The Morgan fingerprint density at radius 3 is 2.67 bits per heavy atom. The minimum atomic E-state index is -0.220. The van der Waals surface area contributed by atoms with Crippen molar-refractivity contribution in [3.63, 3.8) is 0 Å². The molecule has 3 rings (SSSR count). The Kier molecular flexibility index (Phi) is 5.36. The van der Waals surface area contributed by atoms with Crippen LogP contribution >= 0.6 is 0 Å². The number of carbonyl (C=O) groups excluding carboxylic acids is 1. The summed E-state index contributed by atoms with van der Waals surface area (Å²) in [5.74, 6) is 0.633. The molecule has 0 amide bonds. The molecule has 1 aromatic rings. The van der Waals surface area contributed by atoms with Crippen LogP contribution in [0.2, 0.25) is 0 Å². The molecule has 1 aliphatic heterocycles. The zero-order chi connectivity index (χ0) is 17.1. The highest BCUT2D eigenvalue weighted by molar-refractivity contribution is 5.87. The molecular formula is C20H28N2O2. The number of rotatable bonds is 4. The molecule has 1 aromatic carbocycles. The maximum atomic E-state index is 12.3. The van der Waals surface area contributed by atoms with Crippen molar-refractivity contribution in [3.05, 3.63) is 42.0 Å². The van der Waals surface area contributed by atoms with E-state index < -0.39 is 0 Å². The highest BCUT2D eigenvalue weighted by Crippen LogP contribution is 2.38. The van der Waals surface area contributed by atoms with E-state index in [1.807, 2.05) is 36.4 Å². The first-order valence-electron chi connectivity index (χ1n) is 8.83. The minimum Gasteiger partial charge on any atom is -0.458 e. The average Bonchev–Trinajstić information content (AvgIpc) is 2.54. The average molecular weight is 328 g/mol. The fourth-order valence-electron chi connectivity index (χ4n) is 4.31. The maximum absolute atomic E-state index is 12.3. The summed E-state index contributed by atoms with van der Waals surface area (Å²) in [5.41, 5.74) is 1.02. The van der Waals surface area contributed by atoms with Crippen LogP contribution in [0.15, 0.2) is 36.4 Å². The molecule has 4 nitrogen and oxygen atoms in total. The van der Waals surface area contributed by atoms with E-state index in [1.54, 1.807) is 6.08 Å². The maximum Gasteiger partial charge on any atom is 0.331 e. The van der Waals surface area contributed by atoms with E-state index in [9.17, 15) is 4.79 Å². The van der Waals surface area contributed by atoms with Gasteiger partial charge in [-0.25, -0.2) is 4.79 Å². The Hall–Kier alpha value is -1.65. The lowest BCUT2D eigenvalue weighted by atomic mass is 9.72. The summed E-state index contributed by atoms with van der Waals surface area (Å²) >= 11 is 0. The molecule has 24 heavy (non-hydrogen) atoms. The highest BCUT2D eigenvalue weighted by atomic mass is 16.5. The molecular weight excluding hydrogens is 300 g/mol. The lowest BCUT2D eigenvalue weighted by molar-refractivity contribution is -0.161. The van der Waals surface area contributed by atoms with E-state index in [4.69, 9.17) is 4.74 Å². The predicted octanol–water partition coefficient (Wildman–Crippen LogP) is 2.51. The van der Waals surface area contributed by atoms with Crippen LogP contribution in [0.25, 0.3) is 6.08 Å². The zero-order valence-corrected chi connectivity index (χ0v) is 14.9. The Labute approximate surface area is 145 Å². The number of piperidine rings is 1. The van der Waals surface area contributed by atoms with Crippen LogP contribution < -0.4 is 0 Å². The van der Waals surface area contributed by atoms with Gasteiger partial charge in [0.1, 0.15) is 6.10 Å². The molecule has 1 aliphatic carbocycles. The van der Waals surface area contributed by atoms with E-state index in [2.05, 4.69) is 30.9 Å². The van der Waals surface area contributed by atoms with Crippen molar-refractivity contribution in [2.75, 3.05) is 34.2 Å². The van der Waals surface area contributed by atoms with Gasteiger partial charge in [0.25, 0.3) is 0 Å². The SMILES string of the molecule is CN1CC2CC[C@@H](N(C)C)C(C1)[C@H]2OC(=O)/C=C/c1ccccc1. The number of hydrogen-bond donors (Lipinski definition) is 0. The van der Waals surface area contributed by atoms with Gasteiger partial charge in [-0.15, -0.1) is 0 Å². The van der Waals surface area contributed by atoms with Crippen molar-refractivity contribution in [2.45, 2.75) is 25.0 Å². The van der Waals surface area contributed by atoms with Crippen LogP contribution in [0, 0.1) is 11.8 Å². The summed E-state index contributed by atoms with van der Waals surface area (Å²) in [6, 6.07) is 10.4. The number of benzene rings is 1. The van der Waals surface area contributed by atoms with Crippen LogP contribution in [-0.4, -0.2) is 62.1 Å². The Balaban J connectivity index is 1.68. The highest BCUT2D eigenvalue weighted by Gasteiger charge is 2.46. The molecule has 2 fully saturated rings. The first-order chi connectivity index (χ1) is 11.5. The predicted molar refractivity (Wildman–Crippen MR) is 96.5 cm³/mol. The number of ether oxygens (including phenoxy) is 1. The Morgan fingerprint density at radius 2 is 1.96 bits per heavy atom. The first-order valence-corrected chi connectivity index (χ1v) is 8.83. The molecule has 2 unspecified atom stereocenters. The molecule has 1 saturated heterocycles. The molecule has 2 bridgehead atoms. The van der Waals surface area contributed by atoms with Crippen LogP contribution in [-0.2, 0) is 9.53 Å². The lowest BCUT2D eigenvalue weighted by Gasteiger charge is -2.50. The standard InChI is InChI=1S/C20H28N2O2/c1-21(2)18-11-10-16-13-22(3)14-17(18)20(16)24-19(23)12-9-15-7-5-4-6-8-15/h4-9,12,16-18,20H,10-11,13-14H2,1-3H3/b12-9+/t16?,17?,18-,20+/m1/s1. The quantitative estimate of drug-likeness (QED) is 0.628. The third-order valence-corrected chi connectivity index (χ3v) is 5.41. The van der Waals surface area contributed by atoms with Crippen LogP contribution in [0.1, 0.15) is 18.4 Å². The van der Waals surface area contributed by atoms with Gasteiger partial charge in [0, 0.05) is 37.0 Å². The number of carbonyl (C=O) groups is 1. The zero-order valence-electron chi connectivity index (χ0n) is 14.9. The van der Waals surface area contributed by atoms with Gasteiger partial charge in [0.05, 0.1) is 0 Å². The van der Waals surface area contributed by atoms with Crippen molar-refractivity contribution in [1.29, 1.82) is 0 Å². The lowest BCUT2D eigenvalue weighted by Crippen LogP contribution is -2.59. The fourth-order valence-corrected chi connectivity index (χ4v) is 4.31. The number of esters is 1. The number of hydrogen-bond acceptors (Lipinski definition) is 4. The summed E-state index contributed by atoms with van der Waals surface area (Å²) < 4.78 is 5.93. The van der Waals surface area contributed by atoms with Gasteiger partial charge in [-0.05, 0) is 45.6 Å².